The standard InChI is InChI=1S/C14H19ClN2O3S/c1-21(19,20)17-8-4-7-16(9-10-17)14(18)11-12-5-2-3-6-13(12)15/h2-3,5-6H,4,7-11H2,1H3. The van der Waals surface area contributed by atoms with Gasteiger partial charge in [-0.1, -0.05) is 29.8 Å². The van der Waals surface area contributed by atoms with Gasteiger partial charge in [0.15, 0.2) is 0 Å². The first-order valence-electron chi connectivity index (χ1n) is 6.84. The summed E-state index contributed by atoms with van der Waals surface area (Å²) in [6, 6.07) is 7.27. The maximum atomic E-state index is 12.3. The van der Waals surface area contributed by atoms with Gasteiger partial charge < -0.3 is 4.90 Å². The van der Waals surface area contributed by atoms with Gasteiger partial charge >= 0.3 is 0 Å². The molecule has 0 bridgehead atoms. The first kappa shape index (κ1) is 16.3. The molecule has 1 saturated heterocycles. The first-order chi connectivity index (χ1) is 9.88. The van der Waals surface area contributed by atoms with Crippen LogP contribution in [0.5, 0.6) is 0 Å². The second-order valence-corrected chi connectivity index (χ2v) is 7.55. The van der Waals surface area contributed by atoms with Crippen LogP contribution in [0.15, 0.2) is 24.3 Å². The number of sulfonamides is 1. The number of rotatable bonds is 3. The molecule has 7 heteroatoms. The average Bonchev–Trinajstić information content (AvgIpc) is 2.66. The van der Waals surface area contributed by atoms with Crippen LogP contribution in [0.2, 0.25) is 5.02 Å². The highest BCUT2D eigenvalue weighted by atomic mass is 35.5. The van der Waals surface area contributed by atoms with E-state index in [0.717, 1.165) is 5.56 Å². The number of carbonyl (C=O) groups excluding carboxylic acids is 1. The van der Waals surface area contributed by atoms with Crippen molar-refractivity contribution in [3.63, 3.8) is 0 Å². The van der Waals surface area contributed by atoms with Gasteiger partial charge in [0.1, 0.15) is 0 Å². The van der Waals surface area contributed by atoms with Gasteiger partial charge in [-0.3, -0.25) is 4.79 Å². The van der Waals surface area contributed by atoms with E-state index in [1.807, 2.05) is 18.2 Å². The summed E-state index contributed by atoms with van der Waals surface area (Å²) in [6.45, 7) is 1.83. The Morgan fingerprint density at radius 1 is 1.19 bits per heavy atom. The van der Waals surface area contributed by atoms with Crippen LogP contribution < -0.4 is 0 Å². The second-order valence-electron chi connectivity index (χ2n) is 5.16. The fourth-order valence-corrected chi connectivity index (χ4v) is 3.47. The van der Waals surface area contributed by atoms with Crippen LogP contribution in [0.25, 0.3) is 0 Å². The number of amides is 1. The Morgan fingerprint density at radius 3 is 2.57 bits per heavy atom. The zero-order chi connectivity index (χ0) is 15.5. The van der Waals surface area contributed by atoms with Crippen LogP contribution in [0.1, 0.15) is 12.0 Å². The Labute approximate surface area is 130 Å². The third-order valence-corrected chi connectivity index (χ3v) is 5.25. The number of hydrogen-bond donors (Lipinski definition) is 0. The molecule has 0 unspecified atom stereocenters. The molecule has 1 amide bonds. The first-order valence-corrected chi connectivity index (χ1v) is 9.07. The second kappa shape index (κ2) is 6.77. The largest absolute Gasteiger partial charge is 0.341 e. The smallest absolute Gasteiger partial charge is 0.227 e. The van der Waals surface area contributed by atoms with E-state index in [0.29, 0.717) is 37.6 Å². The summed E-state index contributed by atoms with van der Waals surface area (Å²) in [6.07, 6.45) is 2.11. The third-order valence-electron chi connectivity index (χ3n) is 3.58. The van der Waals surface area contributed by atoms with Crippen molar-refractivity contribution >= 4 is 27.5 Å². The van der Waals surface area contributed by atoms with Gasteiger partial charge in [0.05, 0.1) is 12.7 Å². The molecule has 0 N–H and O–H groups in total. The number of hydrogen-bond acceptors (Lipinski definition) is 3. The highest BCUT2D eigenvalue weighted by Crippen LogP contribution is 2.17. The molecular weight excluding hydrogens is 312 g/mol. The minimum absolute atomic E-state index is 0.0153. The molecule has 0 radical (unpaired) electrons. The molecule has 21 heavy (non-hydrogen) atoms. The van der Waals surface area contributed by atoms with Crippen LogP contribution >= 0.6 is 11.6 Å². The number of halogens is 1. The van der Waals surface area contributed by atoms with Crippen LogP contribution in [0.3, 0.4) is 0 Å². The van der Waals surface area contributed by atoms with Crippen molar-refractivity contribution in [2.75, 3.05) is 32.4 Å². The van der Waals surface area contributed by atoms with E-state index in [1.54, 1.807) is 11.0 Å². The van der Waals surface area contributed by atoms with Crippen molar-refractivity contribution in [3.8, 4) is 0 Å². The van der Waals surface area contributed by atoms with Crippen molar-refractivity contribution in [1.29, 1.82) is 0 Å². The summed E-state index contributed by atoms with van der Waals surface area (Å²) >= 11 is 6.06. The highest BCUT2D eigenvalue weighted by Gasteiger charge is 2.24. The summed E-state index contributed by atoms with van der Waals surface area (Å²) in [5.74, 6) is -0.0153. The van der Waals surface area contributed by atoms with Crippen LogP contribution in [0.4, 0.5) is 0 Å². The van der Waals surface area contributed by atoms with Crippen LogP contribution in [0, 0.1) is 0 Å². The van der Waals surface area contributed by atoms with Crippen molar-refractivity contribution < 1.29 is 13.2 Å². The summed E-state index contributed by atoms with van der Waals surface area (Å²) in [5, 5.41) is 0.582. The molecule has 0 aromatic heterocycles. The lowest BCUT2D eigenvalue weighted by Gasteiger charge is -2.21. The van der Waals surface area contributed by atoms with E-state index in [-0.39, 0.29) is 12.3 Å². The minimum atomic E-state index is -3.19. The van der Waals surface area contributed by atoms with E-state index in [1.165, 1.54) is 10.6 Å². The lowest BCUT2D eigenvalue weighted by atomic mass is 10.1. The fourth-order valence-electron chi connectivity index (χ4n) is 2.39. The Kier molecular flexibility index (Phi) is 5.24. The van der Waals surface area contributed by atoms with Gasteiger partial charge in [0.2, 0.25) is 15.9 Å². The molecule has 1 aromatic rings. The predicted octanol–water partition coefficient (Wildman–Crippen LogP) is 1.38. The van der Waals surface area contributed by atoms with Crippen molar-refractivity contribution in [1.82, 2.24) is 9.21 Å². The van der Waals surface area contributed by atoms with E-state index >= 15 is 0 Å². The van der Waals surface area contributed by atoms with Gasteiger partial charge in [0.25, 0.3) is 0 Å². The zero-order valence-electron chi connectivity index (χ0n) is 12.0. The Morgan fingerprint density at radius 2 is 1.90 bits per heavy atom. The summed E-state index contributed by atoms with van der Waals surface area (Å²) in [5.41, 5.74) is 0.799. The lowest BCUT2D eigenvalue weighted by molar-refractivity contribution is -0.130. The summed E-state index contributed by atoms with van der Waals surface area (Å²) in [4.78, 5) is 14.0. The highest BCUT2D eigenvalue weighted by molar-refractivity contribution is 7.88. The number of carbonyl (C=O) groups is 1. The number of benzene rings is 1. The predicted molar refractivity (Wildman–Crippen MR) is 82.8 cm³/mol. The van der Waals surface area contributed by atoms with Gasteiger partial charge in [-0.15, -0.1) is 0 Å². The Balaban J connectivity index is 1.99. The lowest BCUT2D eigenvalue weighted by Crippen LogP contribution is -2.37. The molecule has 0 atom stereocenters. The summed E-state index contributed by atoms with van der Waals surface area (Å²) in [7, 11) is -3.19. The maximum absolute atomic E-state index is 12.3. The van der Waals surface area contributed by atoms with E-state index in [2.05, 4.69) is 0 Å². The fraction of sp³-hybridized carbons (Fsp3) is 0.500. The quantitative estimate of drug-likeness (QED) is 0.841. The Hall–Kier alpha value is -1.11. The van der Waals surface area contributed by atoms with Gasteiger partial charge in [-0.2, -0.15) is 0 Å². The van der Waals surface area contributed by atoms with E-state index in [9.17, 15) is 13.2 Å². The normalized spacial score (nSPS) is 17.5. The SMILES string of the molecule is CS(=O)(=O)N1CCCN(C(=O)Cc2ccccc2Cl)CC1. The topological polar surface area (TPSA) is 57.7 Å². The molecule has 0 saturated carbocycles. The van der Waals surface area contributed by atoms with Crippen molar-refractivity contribution in [3.05, 3.63) is 34.9 Å². The number of nitrogens with zero attached hydrogens (tertiary/aromatic N) is 2. The molecule has 5 nitrogen and oxygen atoms in total. The minimum Gasteiger partial charge on any atom is -0.341 e. The molecule has 0 spiro atoms. The molecule has 2 rings (SSSR count). The monoisotopic (exact) mass is 330 g/mol. The zero-order valence-corrected chi connectivity index (χ0v) is 13.5. The maximum Gasteiger partial charge on any atom is 0.227 e. The third kappa shape index (κ3) is 4.43. The van der Waals surface area contributed by atoms with Gasteiger partial charge in [-0.05, 0) is 18.1 Å². The molecule has 0 aliphatic carbocycles. The van der Waals surface area contributed by atoms with E-state index in [4.69, 9.17) is 11.6 Å². The van der Waals surface area contributed by atoms with Gasteiger partial charge in [0, 0.05) is 31.2 Å². The average molecular weight is 331 g/mol. The van der Waals surface area contributed by atoms with Gasteiger partial charge in [-0.25, -0.2) is 12.7 Å². The molecule has 1 fully saturated rings. The summed E-state index contributed by atoms with van der Waals surface area (Å²) < 4.78 is 24.5. The van der Waals surface area contributed by atoms with Crippen molar-refractivity contribution in [2.24, 2.45) is 0 Å². The van der Waals surface area contributed by atoms with Crippen LogP contribution in [-0.4, -0.2) is 56.0 Å². The Bertz CT molecular complexity index is 618. The van der Waals surface area contributed by atoms with E-state index < -0.39 is 10.0 Å². The molecule has 1 heterocycles. The molecular formula is C14H19ClN2O3S. The molecule has 1 aliphatic rings. The van der Waals surface area contributed by atoms with Crippen molar-refractivity contribution in [2.45, 2.75) is 12.8 Å². The molecule has 116 valence electrons. The molecule has 1 aromatic carbocycles. The molecule has 1 aliphatic heterocycles. The van der Waals surface area contributed by atoms with Crippen LogP contribution in [-0.2, 0) is 21.2 Å².